The number of benzene rings is 2. The maximum Gasteiger partial charge on any atom is 0.270 e. The number of hydrogen-bond donors (Lipinski definition) is 1. The van der Waals surface area contributed by atoms with Gasteiger partial charge in [-0.15, -0.1) is 0 Å². The average Bonchev–Trinajstić information content (AvgIpc) is 3.13. The Labute approximate surface area is 152 Å². The zero-order valence-corrected chi connectivity index (χ0v) is 14.3. The fraction of sp³-hybridized carbons (Fsp3) is 0.105. The monoisotopic (exact) mass is 363 g/mol. The minimum atomic E-state index is -0.481. The zero-order chi connectivity index (χ0) is 17.5. The summed E-state index contributed by atoms with van der Waals surface area (Å²) in [5.74, 6) is 1.77. The molecule has 1 atom stereocenters. The van der Waals surface area contributed by atoms with Crippen molar-refractivity contribution in [1.82, 2.24) is 14.3 Å². The summed E-state index contributed by atoms with van der Waals surface area (Å²) in [5, 5.41) is 0. The maximum atomic E-state index is 12.5. The van der Waals surface area contributed by atoms with E-state index in [1.807, 2.05) is 54.6 Å². The molecule has 0 radical (unpaired) electrons. The predicted octanol–water partition coefficient (Wildman–Crippen LogP) is 3.56. The van der Waals surface area contributed by atoms with Gasteiger partial charge in [0.15, 0.2) is 23.4 Å². The fourth-order valence-corrected chi connectivity index (χ4v) is 3.69. The molecule has 0 saturated carbocycles. The van der Waals surface area contributed by atoms with Gasteiger partial charge in [-0.3, -0.25) is 4.79 Å². The summed E-state index contributed by atoms with van der Waals surface area (Å²) in [7, 11) is 0. The van der Waals surface area contributed by atoms with Crippen molar-refractivity contribution < 1.29 is 9.47 Å². The molecule has 7 heteroatoms. The van der Waals surface area contributed by atoms with E-state index in [0.717, 1.165) is 17.1 Å². The van der Waals surface area contributed by atoms with E-state index in [4.69, 9.17) is 9.47 Å². The normalized spacial score (nSPS) is 15.9. The molecular weight excluding hydrogens is 350 g/mol. The van der Waals surface area contributed by atoms with Crippen molar-refractivity contribution in [3.8, 4) is 22.8 Å². The van der Waals surface area contributed by atoms with Gasteiger partial charge in [0.25, 0.3) is 5.56 Å². The van der Waals surface area contributed by atoms with E-state index >= 15 is 0 Å². The molecule has 4 aromatic rings. The van der Waals surface area contributed by atoms with E-state index < -0.39 is 6.10 Å². The van der Waals surface area contributed by atoms with Crippen molar-refractivity contribution in [2.45, 2.75) is 6.10 Å². The number of nitrogens with zero attached hydrogens (tertiary/aromatic N) is 2. The Kier molecular flexibility index (Phi) is 3.46. The SMILES string of the molecule is O=c1[nH]c(C2COc3ccccc3O2)nc2c(-c3ccccc3)nsc12. The third-order valence-electron chi connectivity index (χ3n) is 4.21. The lowest BCUT2D eigenvalue weighted by Gasteiger charge is -2.25. The number of para-hydroxylation sites is 2. The molecule has 3 heterocycles. The van der Waals surface area contributed by atoms with Crippen LogP contribution in [0.5, 0.6) is 11.5 Å². The van der Waals surface area contributed by atoms with E-state index in [0.29, 0.717) is 33.2 Å². The van der Waals surface area contributed by atoms with Crippen molar-refractivity contribution in [3.05, 3.63) is 70.8 Å². The molecule has 0 fully saturated rings. The number of hydrogen-bond acceptors (Lipinski definition) is 6. The molecule has 0 aliphatic carbocycles. The smallest absolute Gasteiger partial charge is 0.270 e. The first-order chi connectivity index (χ1) is 12.8. The summed E-state index contributed by atoms with van der Waals surface area (Å²) in [6, 6.07) is 17.2. The maximum absolute atomic E-state index is 12.5. The van der Waals surface area contributed by atoms with Gasteiger partial charge < -0.3 is 14.5 Å². The quantitative estimate of drug-likeness (QED) is 0.589. The van der Waals surface area contributed by atoms with E-state index in [1.54, 1.807) is 0 Å². The van der Waals surface area contributed by atoms with Crippen LogP contribution in [0.3, 0.4) is 0 Å². The van der Waals surface area contributed by atoms with Gasteiger partial charge in [0.05, 0.1) is 0 Å². The van der Waals surface area contributed by atoms with Gasteiger partial charge in [-0.2, -0.15) is 4.37 Å². The van der Waals surface area contributed by atoms with Crippen LogP contribution in [0, 0.1) is 0 Å². The zero-order valence-electron chi connectivity index (χ0n) is 13.5. The van der Waals surface area contributed by atoms with Crippen molar-refractivity contribution >= 4 is 21.7 Å². The van der Waals surface area contributed by atoms with Crippen LogP contribution in [-0.4, -0.2) is 20.9 Å². The van der Waals surface area contributed by atoms with Gasteiger partial charge in [0.1, 0.15) is 22.5 Å². The van der Waals surface area contributed by atoms with Crippen LogP contribution in [-0.2, 0) is 0 Å². The van der Waals surface area contributed by atoms with Crippen LogP contribution in [0.15, 0.2) is 59.4 Å². The lowest BCUT2D eigenvalue weighted by molar-refractivity contribution is 0.0852. The van der Waals surface area contributed by atoms with E-state index in [2.05, 4.69) is 14.3 Å². The Balaban J connectivity index is 1.61. The molecule has 0 saturated heterocycles. The second-order valence-corrected chi connectivity index (χ2v) is 6.66. The summed E-state index contributed by atoms with van der Waals surface area (Å²) in [6.45, 7) is 0.281. The second-order valence-electron chi connectivity index (χ2n) is 5.89. The summed E-state index contributed by atoms with van der Waals surface area (Å²) < 4.78 is 16.6. The van der Waals surface area contributed by atoms with Gasteiger partial charge in [0.2, 0.25) is 0 Å². The average molecular weight is 363 g/mol. The molecule has 1 aliphatic rings. The van der Waals surface area contributed by atoms with Gasteiger partial charge >= 0.3 is 0 Å². The van der Waals surface area contributed by atoms with Crippen molar-refractivity contribution in [1.29, 1.82) is 0 Å². The highest BCUT2D eigenvalue weighted by Crippen LogP contribution is 2.35. The fourth-order valence-electron chi connectivity index (χ4n) is 2.95. The Morgan fingerprint density at radius 2 is 1.81 bits per heavy atom. The molecular formula is C19H13N3O3S. The molecule has 5 rings (SSSR count). The number of fused-ring (bicyclic) bond motifs is 2. The first-order valence-corrected chi connectivity index (χ1v) is 8.90. The molecule has 128 valence electrons. The first-order valence-electron chi connectivity index (χ1n) is 8.13. The summed E-state index contributed by atoms with van der Waals surface area (Å²) in [6.07, 6.45) is -0.481. The van der Waals surface area contributed by atoms with Crippen molar-refractivity contribution in [2.75, 3.05) is 6.61 Å². The number of rotatable bonds is 2. The summed E-state index contributed by atoms with van der Waals surface area (Å²) in [5.41, 5.74) is 2.00. The summed E-state index contributed by atoms with van der Waals surface area (Å²) >= 11 is 1.15. The Hall–Kier alpha value is -3.19. The molecule has 6 nitrogen and oxygen atoms in total. The highest BCUT2D eigenvalue weighted by molar-refractivity contribution is 7.13. The molecule has 1 aliphatic heterocycles. The standard InChI is InChI=1S/C19H13N3O3S/c23-19-17-16(15(22-26-17)11-6-2-1-3-7-11)20-18(21-19)14-10-24-12-8-4-5-9-13(12)25-14/h1-9,14H,10H2,(H,20,21,23). The van der Waals surface area contributed by atoms with Gasteiger partial charge in [-0.05, 0) is 23.7 Å². The predicted molar refractivity (Wildman–Crippen MR) is 98.8 cm³/mol. The molecule has 1 unspecified atom stereocenters. The first kappa shape index (κ1) is 15.1. The molecule has 26 heavy (non-hydrogen) atoms. The largest absolute Gasteiger partial charge is 0.485 e. The summed E-state index contributed by atoms with van der Waals surface area (Å²) in [4.78, 5) is 20.0. The van der Waals surface area contributed by atoms with Crippen LogP contribution >= 0.6 is 11.5 Å². The second kappa shape index (κ2) is 5.96. The Bertz CT molecular complexity index is 1150. The number of aromatic nitrogens is 3. The topological polar surface area (TPSA) is 77.1 Å². The lowest BCUT2D eigenvalue weighted by atomic mass is 10.1. The van der Waals surface area contributed by atoms with Crippen LogP contribution in [0.1, 0.15) is 11.9 Å². The molecule has 0 amide bonds. The number of H-pyrrole nitrogens is 1. The van der Waals surface area contributed by atoms with E-state index in [1.165, 1.54) is 0 Å². The minimum absolute atomic E-state index is 0.216. The van der Waals surface area contributed by atoms with Crippen LogP contribution in [0.25, 0.3) is 21.5 Å². The minimum Gasteiger partial charge on any atom is -0.485 e. The molecule has 0 spiro atoms. The Morgan fingerprint density at radius 3 is 2.65 bits per heavy atom. The van der Waals surface area contributed by atoms with E-state index in [9.17, 15) is 4.79 Å². The van der Waals surface area contributed by atoms with Crippen LogP contribution in [0.4, 0.5) is 0 Å². The number of ether oxygens (including phenoxy) is 2. The van der Waals surface area contributed by atoms with Crippen LogP contribution < -0.4 is 15.0 Å². The number of aromatic amines is 1. The highest BCUT2D eigenvalue weighted by Gasteiger charge is 2.26. The highest BCUT2D eigenvalue weighted by atomic mass is 32.1. The third-order valence-corrected chi connectivity index (χ3v) is 5.04. The molecule has 2 aromatic heterocycles. The van der Waals surface area contributed by atoms with Gasteiger partial charge in [0, 0.05) is 5.56 Å². The van der Waals surface area contributed by atoms with Crippen LogP contribution in [0.2, 0.25) is 0 Å². The van der Waals surface area contributed by atoms with Gasteiger partial charge in [-0.25, -0.2) is 4.98 Å². The van der Waals surface area contributed by atoms with Crippen molar-refractivity contribution in [2.24, 2.45) is 0 Å². The lowest BCUT2D eigenvalue weighted by Crippen LogP contribution is -2.25. The molecule has 0 bridgehead atoms. The third kappa shape index (κ3) is 2.44. The van der Waals surface area contributed by atoms with Crippen molar-refractivity contribution in [3.63, 3.8) is 0 Å². The molecule has 1 N–H and O–H groups in total. The Morgan fingerprint density at radius 1 is 1.04 bits per heavy atom. The number of nitrogens with one attached hydrogen (secondary N) is 1. The molecule has 2 aromatic carbocycles. The van der Waals surface area contributed by atoms with E-state index in [-0.39, 0.29) is 12.2 Å². The van der Waals surface area contributed by atoms with Gasteiger partial charge in [-0.1, -0.05) is 42.5 Å².